The first-order valence-corrected chi connectivity index (χ1v) is 20.0. The normalized spacial score (nSPS) is 37.5. The van der Waals surface area contributed by atoms with Crippen molar-refractivity contribution in [1.29, 1.82) is 0 Å². The molecule has 9 rings (SSSR count). The van der Waals surface area contributed by atoms with E-state index in [4.69, 9.17) is 18.9 Å². The number of fused-ring (bicyclic) bond motifs is 3. The zero-order valence-corrected chi connectivity index (χ0v) is 31.5. The maximum absolute atomic E-state index is 12.5. The fraction of sp³-hybridized carbons (Fsp3) is 0.628. The fourth-order valence-electron chi connectivity index (χ4n) is 12.9. The lowest BCUT2D eigenvalue weighted by Gasteiger charge is -2.64. The lowest BCUT2D eigenvalue weighted by Crippen LogP contribution is -2.70. The Morgan fingerprint density at radius 3 is 2.55 bits per heavy atom. The van der Waals surface area contributed by atoms with Gasteiger partial charge in [0.2, 0.25) is 6.29 Å². The molecule has 3 saturated carbocycles. The monoisotopic (exact) mass is 760 g/mol. The Morgan fingerprint density at radius 1 is 1.05 bits per heavy atom. The molecule has 4 aliphatic carbocycles. The van der Waals surface area contributed by atoms with Crippen LogP contribution in [0.2, 0.25) is 0 Å². The number of phenolic OH excluding ortho intramolecular Hbond substituents is 1. The third kappa shape index (κ3) is 5.42. The second kappa shape index (κ2) is 13.4. The van der Waals surface area contributed by atoms with E-state index in [2.05, 4.69) is 6.08 Å². The number of Topliss-reactive ketones (excluding diaryl/α,β-unsaturated/α-hetero) is 1. The Bertz CT molecular complexity index is 1990. The predicted molar refractivity (Wildman–Crippen MR) is 198 cm³/mol. The van der Waals surface area contributed by atoms with E-state index in [-0.39, 0.29) is 64.1 Å². The summed E-state index contributed by atoms with van der Waals surface area (Å²) >= 11 is 0. The molecule has 0 radical (unpaired) electrons. The zero-order valence-electron chi connectivity index (χ0n) is 31.5. The Morgan fingerprint density at radius 2 is 1.84 bits per heavy atom. The standard InChI is InChI=1S/C43H52O12/c1-21-11-24-12-25(39(50)51)13-30(34(24)36(47)32(21)22(2)46)54-40-37(48)38(49)43(31(17-45)55-40)16-27-28-15-41(7-3-4-8-41)14-26-18-52-20-42(9-10-44,35(26)28)29-6-5-23(19-53-43)33(27)29/h6,11-13,26-28,31,35,37-38,40,44-45,47-49H,3-5,7-10,14-20H2,1-2H3,(H,50,51). The van der Waals surface area contributed by atoms with Gasteiger partial charge in [-0.25, -0.2) is 4.79 Å². The van der Waals surface area contributed by atoms with E-state index in [1.807, 2.05) is 0 Å². The molecule has 7 aliphatic rings. The molecule has 296 valence electrons. The molecule has 55 heavy (non-hydrogen) atoms. The van der Waals surface area contributed by atoms with Crippen LogP contribution in [0.3, 0.4) is 0 Å². The van der Waals surface area contributed by atoms with E-state index >= 15 is 0 Å². The average Bonchev–Trinajstić information content (AvgIpc) is 3.75. The molecule has 2 aromatic carbocycles. The molecule has 2 saturated heterocycles. The Kier molecular flexibility index (Phi) is 9.04. The number of allylic oxidation sites excluding steroid dienone is 2. The number of carbonyl (C=O) groups excluding carboxylic acids is 1. The summed E-state index contributed by atoms with van der Waals surface area (Å²) in [5, 5.41) is 67.5. The summed E-state index contributed by atoms with van der Waals surface area (Å²) in [7, 11) is 0. The molecular formula is C43H52O12. The molecular weight excluding hydrogens is 708 g/mol. The zero-order chi connectivity index (χ0) is 38.6. The summed E-state index contributed by atoms with van der Waals surface area (Å²) in [5.74, 6) is -1.50. The molecule has 10 atom stereocenters. The summed E-state index contributed by atoms with van der Waals surface area (Å²) < 4.78 is 25.8. The predicted octanol–water partition coefficient (Wildman–Crippen LogP) is 4.59. The van der Waals surface area contributed by atoms with Crippen molar-refractivity contribution in [2.75, 3.05) is 33.0 Å². The molecule has 2 spiro atoms. The topological polar surface area (TPSA) is 192 Å². The smallest absolute Gasteiger partial charge is 0.335 e. The van der Waals surface area contributed by atoms with Crippen LogP contribution in [0.4, 0.5) is 0 Å². The average molecular weight is 761 g/mol. The maximum atomic E-state index is 12.5. The minimum Gasteiger partial charge on any atom is -0.506 e. The summed E-state index contributed by atoms with van der Waals surface area (Å²) in [5.41, 5.74) is 2.26. The van der Waals surface area contributed by atoms with Crippen LogP contribution in [-0.4, -0.2) is 106 Å². The number of aromatic carboxylic acids is 1. The van der Waals surface area contributed by atoms with Crippen LogP contribution >= 0.6 is 0 Å². The van der Waals surface area contributed by atoms with Gasteiger partial charge in [-0.2, -0.15) is 0 Å². The number of ether oxygens (including phenoxy) is 4. The van der Waals surface area contributed by atoms with Gasteiger partial charge in [0.15, 0.2) is 5.78 Å². The lowest BCUT2D eigenvalue weighted by atomic mass is 9.43. The number of carboxylic acids is 1. The molecule has 6 N–H and O–H groups in total. The highest BCUT2D eigenvalue weighted by molar-refractivity contribution is 6.08. The van der Waals surface area contributed by atoms with Crippen molar-refractivity contribution in [1.82, 2.24) is 0 Å². The molecule has 2 aromatic rings. The number of phenols is 1. The number of carbonyl (C=O) groups is 2. The van der Waals surface area contributed by atoms with E-state index in [9.17, 15) is 40.2 Å². The summed E-state index contributed by atoms with van der Waals surface area (Å²) in [6.45, 7) is 3.85. The van der Waals surface area contributed by atoms with Gasteiger partial charge >= 0.3 is 5.97 Å². The highest BCUT2D eigenvalue weighted by Crippen LogP contribution is 2.70. The van der Waals surface area contributed by atoms with Crippen LogP contribution < -0.4 is 4.74 Å². The number of aliphatic hydroxyl groups is 4. The fourth-order valence-corrected chi connectivity index (χ4v) is 12.9. The Balaban J connectivity index is 1.10. The van der Waals surface area contributed by atoms with Crippen molar-refractivity contribution in [3.8, 4) is 11.5 Å². The second-order valence-corrected chi connectivity index (χ2v) is 17.7. The van der Waals surface area contributed by atoms with Crippen molar-refractivity contribution in [2.45, 2.75) is 102 Å². The number of carboxylic acid groups (broad SMARTS) is 1. The minimum absolute atomic E-state index is 0.0444. The van der Waals surface area contributed by atoms with E-state index < -0.39 is 54.3 Å². The maximum Gasteiger partial charge on any atom is 0.335 e. The van der Waals surface area contributed by atoms with Crippen LogP contribution in [-0.2, 0) is 14.2 Å². The summed E-state index contributed by atoms with van der Waals surface area (Å²) in [6, 6.07) is 4.13. The molecule has 12 heteroatoms. The first-order valence-electron chi connectivity index (χ1n) is 20.0. The van der Waals surface area contributed by atoms with Gasteiger partial charge in [-0.15, -0.1) is 0 Å². The van der Waals surface area contributed by atoms with Gasteiger partial charge in [-0.1, -0.05) is 25.0 Å². The lowest BCUT2D eigenvalue weighted by molar-refractivity contribution is -0.326. The Labute approximate surface area is 319 Å². The summed E-state index contributed by atoms with van der Waals surface area (Å²) in [4.78, 5) is 24.7. The molecule has 3 heterocycles. The summed E-state index contributed by atoms with van der Waals surface area (Å²) in [6.07, 6.45) is 4.71. The minimum atomic E-state index is -1.71. The number of rotatable bonds is 7. The van der Waals surface area contributed by atoms with Crippen molar-refractivity contribution in [3.63, 3.8) is 0 Å². The number of hydrogen-bond acceptors (Lipinski definition) is 11. The van der Waals surface area contributed by atoms with Crippen LogP contribution in [0, 0.1) is 41.4 Å². The molecule has 0 aromatic heterocycles. The van der Waals surface area contributed by atoms with Crippen LogP contribution in [0.1, 0.15) is 91.0 Å². The third-order valence-electron chi connectivity index (χ3n) is 14.9. The number of benzene rings is 2. The Hall–Kier alpha value is -3.36. The van der Waals surface area contributed by atoms with E-state index in [0.717, 1.165) is 18.4 Å². The second-order valence-electron chi connectivity index (χ2n) is 17.7. The number of aryl methyl sites for hydroxylation is 1. The number of ketones is 1. The van der Waals surface area contributed by atoms with Gasteiger partial charge in [0.1, 0.15) is 35.4 Å². The van der Waals surface area contributed by atoms with Gasteiger partial charge < -0.3 is 49.6 Å². The van der Waals surface area contributed by atoms with Crippen LogP contribution in [0.15, 0.2) is 41.0 Å². The van der Waals surface area contributed by atoms with Gasteiger partial charge in [-0.3, -0.25) is 4.79 Å². The van der Waals surface area contributed by atoms with E-state index in [0.29, 0.717) is 49.3 Å². The molecule has 3 aliphatic heterocycles. The number of aromatic hydroxyl groups is 1. The highest BCUT2D eigenvalue weighted by Gasteiger charge is 2.67. The number of hydrogen-bond donors (Lipinski definition) is 6. The van der Waals surface area contributed by atoms with Crippen LogP contribution in [0.5, 0.6) is 11.5 Å². The van der Waals surface area contributed by atoms with Gasteiger partial charge in [0.25, 0.3) is 0 Å². The highest BCUT2D eigenvalue weighted by atomic mass is 16.7. The van der Waals surface area contributed by atoms with Gasteiger partial charge in [0, 0.05) is 18.6 Å². The largest absolute Gasteiger partial charge is 0.506 e. The van der Waals surface area contributed by atoms with Gasteiger partial charge in [-0.05, 0) is 128 Å². The molecule has 12 nitrogen and oxygen atoms in total. The first kappa shape index (κ1) is 37.2. The molecule has 0 amide bonds. The molecule has 5 fully saturated rings. The molecule has 10 unspecified atom stereocenters. The third-order valence-corrected chi connectivity index (χ3v) is 14.9. The number of aliphatic hydroxyl groups excluding tert-OH is 4. The van der Waals surface area contributed by atoms with Gasteiger partial charge in [0.05, 0.1) is 36.3 Å². The molecule has 0 bridgehead atoms. The van der Waals surface area contributed by atoms with Crippen LogP contribution in [0.25, 0.3) is 10.8 Å². The van der Waals surface area contributed by atoms with E-state index in [1.165, 1.54) is 55.9 Å². The van der Waals surface area contributed by atoms with Crippen molar-refractivity contribution >= 4 is 22.5 Å². The SMILES string of the molecule is CC(=O)c1c(C)cc2cc(C(=O)O)cc(OC3OC(CO)C4(CC5C6=C(CC=C6C6(CCO)COCC7CC8(CCCC8)CC5C76)CO4)C(O)C3O)c2c1O. The van der Waals surface area contributed by atoms with E-state index in [1.54, 1.807) is 13.0 Å². The van der Waals surface area contributed by atoms with Crippen molar-refractivity contribution in [3.05, 3.63) is 57.7 Å². The quantitative estimate of drug-likeness (QED) is 0.216. The van der Waals surface area contributed by atoms with Crippen molar-refractivity contribution in [2.24, 2.45) is 34.5 Å². The first-order chi connectivity index (χ1) is 26.4. The van der Waals surface area contributed by atoms with Crippen molar-refractivity contribution < 1.29 is 59.2 Å².